The Labute approximate surface area is 108 Å². The van der Waals surface area contributed by atoms with Gasteiger partial charge in [0.25, 0.3) is 0 Å². The Morgan fingerprint density at radius 2 is 2.06 bits per heavy atom. The minimum Gasteiger partial charge on any atom is -0.481 e. The molecular formula is C13H23N3O2. The van der Waals surface area contributed by atoms with Crippen LogP contribution in [0.2, 0.25) is 0 Å². The molecule has 0 aliphatic carbocycles. The molecule has 102 valence electrons. The zero-order valence-electron chi connectivity index (χ0n) is 11.5. The molecule has 0 saturated carbocycles. The number of piperidine rings is 1. The first-order valence-corrected chi connectivity index (χ1v) is 6.55. The second-order valence-electron chi connectivity index (χ2n) is 5.10. The molecular weight excluding hydrogens is 230 g/mol. The van der Waals surface area contributed by atoms with E-state index in [0.29, 0.717) is 12.5 Å². The van der Waals surface area contributed by atoms with Crippen molar-refractivity contribution in [1.82, 2.24) is 14.7 Å². The summed E-state index contributed by atoms with van der Waals surface area (Å²) in [6, 6.07) is 0. The molecule has 1 fully saturated rings. The standard InChI is InChI=1S/C13H23N3O2/c1-10-12(13(18-3)15(2)14-10)8-16-6-4-11(9-17)5-7-16/h11,17H,4-9H2,1-3H3. The molecule has 18 heavy (non-hydrogen) atoms. The van der Waals surface area contributed by atoms with Crippen molar-refractivity contribution in [2.45, 2.75) is 26.3 Å². The van der Waals surface area contributed by atoms with Gasteiger partial charge in [-0.25, -0.2) is 4.68 Å². The lowest BCUT2D eigenvalue weighted by molar-refractivity contribution is 0.126. The maximum absolute atomic E-state index is 9.14. The minimum absolute atomic E-state index is 0.323. The van der Waals surface area contributed by atoms with Gasteiger partial charge in [-0.3, -0.25) is 4.90 Å². The first-order chi connectivity index (χ1) is 8.65. The van der Waals surface area contributed by atoms with E-state index in [1.807, 2.05) is 14.0 Å². The Bertz CT molecular complexity index is 395. The third-order valence-corrected chi connectivity index (χ3v) is 3.83. The summed E-state index contributed by atoms with van der Waals surface area (Å²) >= 11 is 0. The first-order valence-electron chi connectivity index (χ1n) is 6.55. The van der Waals surface area contributed by atoms with Crippen LogP contribution in [-0.2, 0) is 13.6 Å². The van der Waals surface area contributed by atoms with Crippen molar-refractivity contribution in [1.29, 1.82) is 0 Å². The molecule has 0 aromatic carbocycles. The molecule has 2 heterocycles. The summed E-state index contributed by atoms with van der Waals surface area (Å²) in [6.07, 6.45) is 2.16. The molecule has 5 nitrogen and oxygen atoms in total. The van der Waals surface area contributed by atoms with E-state index < -0.39 is 0 Å². The minimum atomic E-state index is 0.323. The summed E-state index contributed by atoms with van der Waals surface area (Å²) in [4.78, 5) is 2.42. The highest BCUT2D eigenvalue weighted by atomic mass is 16.5. The zero-order valence-corrected chi connectivity index (χ0v) is 11.5. The van der Waals surface area contributed by atoms with Gasteiger partial charge in [0.1, 0.15) is 0 Å². The number of rotatable bonds is 4. The molecule has 1 saturated heterocycles. The largest absolute Gasteiger partial charge is 0.481 e. The van der Waals surface area contributed by atoms with Crippen LogP contribution in [0.5, 0.6) is 5.88 Å². The van der Waals surface area contributed by atoms with Crippen LogP contribution in [0.3, 0.4) is 0 Å². The summed E-state index contributed by atoms with van der Waals surface area (Å²) in [5.41, 5.74) is 2.22. The molecule has 0 radical (unpaired) electrons. The number of hydrogen-bond acceptors (Lipinski definition) is 4. The van der Waals surface area contributed by atoms with E-state index in [1.54, 1.807) is 11.8 Å². The van der Waals surface area contributed by atoms with E-state index in [9.17, 15) is 0 Å². The van der Waals surface area contributed by atoms with Crippen LogP contribution in [0.15, 0.2) is 0 Å². The van der Waals surface area contributed by atoms with Gasteiger partial charge in [-0.05, 0) is 38.8 Å². The summed E-state index contributed by atoms with van der Waals surface area (Å²) in [7, 11) is 3.60. The van der Waals surface area contributed by atoms with Crippen LogP contribution in [-0.4, -0.2) is 46.6 Å². The van der Waals surface area contributed by atoms with Gasteiger partial charge in [-0.1, -0.05) is 0 Å². The number of aromatic nitrogens is 2. The molecule has 0 spiro atoms. The van der Waals surface area contributed by atoms with E-state index in [-0.39, 0.29) is 0 Å². The number of aliphatic hydroxyl groups is 1. The van der Waals surface area contributed by atoms with Gasteiger partial charge in [0.05, 0.1) is 18.4 Å². The molecule has 1 N–H and O–H groups in total. The second kappa shape index (κ2) is 5.71. The number of hydrogen-bond donors (Lipinski definition) is 1. The van der Waals surface area contributed by atoms with Crippen molar-refractivity contribution in [3.63, 3.8) is 0 Å². The molecule has 5 heteroatoms. The Hall–Kier alpha value is -1.07. The fraction of sp³-hybridized carbons (Fsp3) is 0.769. The molecule has 2 rings (SSSR count). The predicted molar refractivity (Wildman–Crippen MR) is 69.6 cm³/mol. The van der Waals surface area contributed by atoms with E-state index in [1.165, 1.54) is 5.56 Å². The Morgan fingerprint density at radius 3 is 2.61 bits per heavy atom. The SMILES string of the molecule is COc1c(CN2CCC(CO)CC2)c(C)nn1C. The first kappa shape index (κ1) is 13.4. The molecule has 0 amide bonds. The average Bonchev–Trinajstić information content (AvgIpc) is 2.64. The quantitative estimate of drug-likeness (QED) is 0.867. The van der Waals surface area contributed by atoms with Crippen LogP contribution in [0.4, 0.5) is 0 Å². The third-order valence-electron chi connectivity index (χ3n) is 3.83. The molecule has 0 unspecified atom stereocenters. The lowest BCUT2D eigenvalue weighted by Crippen LogP contribution is -2.34. The smallest absolute Gasteiger partial charge is 0.216 e. The van der Waals surface area contributed by atoms with Crippen molar-refractivity contribution in [3.8, 4) is 5.88 Å². The Morgan fingerprint density at radius 1 is 1.39 bits per heavy atom. The van der Waals surface area contributed by atoms with E-state index in [2.05, 4.69) is 10.00 Å². The fourth-order valence-electron chi connectivity index (χ4n) is 2.67. The zero-order chi connectivity index (χ0) is 13.1. The van der Waals surface area contributed by atoms with Crippen LogP contribution in [0.25, 0.3) is 0 Å². The lowest BCUT2D eigenvalue weighted by Gasteiger charge is -2.30. The third kappa shape index (κ3) is 2.67. The summed E-state index contributed by atoms with van der Waals surface area (Å²) in [5, 5.41) is 13.5. The van der Waals surface area contributed by atoms with E-state index >= 15 is 0 Å². The number of aliphatic hydroxyl groups excluding tert-OH is 1. The normalized spacial score (nSPS) is 18.2. The van der Waals surface area contributed by atoms with Crippen molar-refractivity contribution >= 4 is 0 Å². The molecule has 1 aliphatic rings. The topological polar surface area (TPSA) is 50.5 Å². The molecule has 0 bridgehead atoms. The van der Waals surface area contributed by atoms with Gasteiger partial charge in [-0.2, -0.15) is 5.10 Å². The van der Waals surface area contributed by atoms with Gasteiger partial charge in [0, 0.05) is 20.2 Å². The van der Waals surface area contributed by atoms with Crippen molar-refractivity contribution in [3.05, 3.63) is 11.3 Å². The number of ether oxygens (including phenoxy) is 1. The van der Waals surface area contributed by atoms with Crippen LogP contribution in [0.1, 0.15) is 24.1 Å². The predicted octanol–water partition coefficient (Wildman–Crippen LogP) is 0.941. The molecule has 1 aromatic heterocycles. The van der Waals surface area contributed by atoms with Gasteiger partial charge in [0.2, 0.25) is 5.88 Å². The summed E-state index contributed by atoms with van der Waals surface area (Å²) in [5.74, 6) is 1.34. The van der Waals surface area contributed by atoms with Crippen LogP contribution < -0.4 is 4.74 Å². The Kier molecular flexibility index (Phi) is 4.24. The van der Waals surface area contributed by atoms with E-state index in [4.69, 9.17) is 9.84 Å². The molecule has 1 aliphatic heterocycles. The lowest BCUT2D eigenvalue weighted by atomic mass is 9.97. The van der Waals surface area contributed by atoms with Crippen LogP contribution in [0, 0.1) is 12.8 Å². The Balaban J connectivity index is 2.02. The summed E-state index contributed by atoms with van der Waals surface area (Å²) < 4.78 is 7.21. The van der Waals surface area contributed by atoms with Gasteiger partial charge in [0.15, 0.2) is 0 Å². The fourth-order valence-corrected chi connectivity index (χ4v) is 2.67. The monoisotopic (exact) mass is 253 g/mol. The highest BCUT2D eigenvalue weighted by molar-refractivity contribution is 5.30. The second-order valence-corrected chi connectivity index (χ2v) is 5.10. The van der Waals surface area contributed by atoms with E-state index in [0.717, 1.165) is 44.0 Å². The van der Waals surface area contributed by atoms with Crippen molar-refractivity contribution in [2.24, 2.45) is 13.0 Å². The average molecular weight is 253 g/mol. The maximum atomic E-state index is 9.14. The highest BCUT2D eigenvalue weighted by Gasteiger charge is 2.22. The number of methoxy groups -OCH3 is 1. The van der Waals surface area contributed by atoms with Gasteiger partial charge in [-0.15, -0.1) is 0 Å². The molecule has 1 aromatic rings. The number of aryl methyl sites for hydroxylation is 2. The maximum Gasteiger partial charge on any atom is 0.216 e. The van der Waals surface area contributed by atoms with Gasteiger partial charge >= 0.3 is 0 Å². The van der Waals surface area contributed by atoms with Crippen molar-refractivity contribution in [2.75, 3.05) is 26.8 Å². The van der Waals surface area contributed by atoms with Crippen molar-refractivity contribution < 1.29 is 9.84 Å². The number of nitrogens with zero attached hydrogens (tertiary/aromatic N) is 3. The summed E-state index contributed by atoms with van der Waals surface area (Å²) in [6.45, 7) is 5.33. The highest BCUT2D eigenvalue weighted by Crippen LogP contribution is 2.25. The molecule has 0 atom stereocenters. The van der Waals surface area contributed by atoms with Crippen LogP contribution >= 0.6 is 0 Å². The van der Waals surface area contributed by atoms with Gasteiger partial charge < -0.3 is 9.84 Å². The number of likely N-dealkylation sites (tertiary alicyclic amines) is 1.